The maximum absolute atomic E-state index is 6.19. The van der Waals surface area contributed by atoms with E-state index in [1.54, 1.807) is 0 Å². The summed E-state index contributed by atoms with van der Waals surface area (Å²) in [7, 11) is 0. The van der Waals surface area contributed by atoms with E-state index < -0.39 is 0 Å². The van der Waals surface area contributed by atoms with Crippen LogP contribution in [0.4, 0.5) is 4.53 Å². The van der Waals surface area contributed by atoms with Gasteiger partial charge in [0.25, 0.3) is 0 Å². The Hall–Kier alpha value is -2.55. The molecule has 2 aliphatic heterocycles. The lowest BCUT2D eigenvalue weighted by Gasteiger charge is -2.24. The smallest absolute Gasteiger partial charge is 0.295 e. The topological polar surface area (TPSA) is 87.0 Å². The molecule has 3 heterocycles. The average Bonchev–Trinajstić information content (AvgIpc) is 3.34. The molecule has 2 aliphatic rings. The third-order valence-electron chi connectivity index (χ3n) is 4.29. The van der Waals surface area contributed by atoms with Gasteiger partial charge in [-0.05, 0) is 52.9 Å². The lowest BCUT2D eigenvalue weighted by Crippen LogP contribution is -2.53. The van der Waals surface area contributed by atoms with Gasteiger partial charge >= 0.3 is 6.03 Å². The predicted molar refractivity (Wildman–Crippen MR) is 87.1 cm³/mol. The van der Waals surface area contributed by atoms with Gasteiger partial charge in [0.2, 0.25) is 0 Å². The summed E-state index contributed by atoms with van der Waals surface area (Å²) in [6, 6.07) is 7.81. The summed E-state index contributed by atoms with van der Waals surface area (Å²) >= 11 is 0. The molecule has 2 fully saturated rings. The number of nitrogens with zero attached hydrogens (tertiary/aromatic N) is 6. The number of hydrazine groups is 1. The highest BCUT2D eigenvalue weighted by molar-refractivity contribution is 5.74. The van der Waals surface area contributed by atoms with Crippen LogP contribution in [0.25, 0.3) is 11.0 Å². The Morgan fingerprint density at radius 3 is 2.58 bits per heavy atom. The Bertz CT molecular complexity index is 719. The van der Waals surface area contributed by atoms with E-state index >= 15 is 0 Å². The molecule has 4 rings (SSSR count). The summed E-state index contributed by atoms with van der Waals surface area (Å²) in [6.45, 7) is 3.47. The summed E-state index contributed by atoms with van der Waals surface area (Å²) < 4.78 is 5.77. The number of hydrogen-bond acceptors (Lipinski definition) is 5. The van der Waals surface area contributed by atoms with Gasteiger partial charge < -0.3 is 0 Å². The third kappa shape index (κ3) is 2.94. The zero-order valence-electron chi connectivity index (χ0n) is 13.5. The van der Waals surface area contributed by atoms with E-state index in [0.29, 0.717) is 0 Å². The van der Waals surface area contributed by atoms with Crippen LogP contribution in [0.15, 0.2) is 24.3 Å². The van der Waals surface area contributed by atoms with Crippen molar-refractivity contribution in [1.29, 1.82) is 0 Å². The van der Waals surface area contributed by atoms with Gasteiger partial charge in [0.1, 0.15) is 24.1 Å². The molecule has 1 aromatic heterocycles. The fourth-order valence-electron chi connectivity index (χ4n) is 3.04. The van der Waals surface area contributed by atoms with Crippen LogP contribution in [0, 0.1) is 0 Å². The lowest BCUT2D eigenvalue weighted by molar-refractivity contribution is -0.397. The molecule has 0 spiro atoms. The van der Waals surface area contributed by atoms with Crippen LogP contribution in [-0.4, -0.2) is 62.6 Å². The van der Waals surface area contributed by atoms with Crippen LogP contribution < -0.4 is 10.7 Å². The molecule has 2 saturated heterocycles. The van der Waals surface area contributed by atoms with E-state index in [0.717, 1.165) is 62.9 Å². The number of hydroxylamine groups is 3. The van der Waals surface area contributed by atoms with Crippen molar-refractivity contribution in [2.45, 2.75) is 25.7 Å². The highest BCUT2D eigenvalue weighted by atomic mass is 16.9. The van der Waals surface area contributed by atoms with E-state index in [9.17, 15) is 0 Å². The van der Waals surface area contributed by atoms with E-state index in [1.165, 1.54) is 10.0 Å². The number of hydrogen-bond donors (Lipinski definition) is 1. The van der Waals surface area contributed by atoms with Gasteiger partial charge in [-0.1, -0.05) is 16.7 Å². The number of nitrogens with two attached hydrogens (primary N) is 1. The minimum absolute atomic E-state index is 0.193. The molecular weight excluding hydrogens is 310 g/mol. The summed E-state index contributed by atoms with van der Waals surface area (Å²) in [5.74, 6) is 0. The van der Waals surface area contributed by atoms with Crippen LogP contribution in [0.1, 0.15) is 25.7 Å². The Balaban J connectivity index is 1.60. The van der Waals surface area contributed by atoms with Crippen LogP contribution in [0.5, 0.6) is 0 Å². The molecule has 2 N–H and O–H groups in total. The van der Waals surface area contributed by atoms with E-state index in [1.807, 2.05) is 34.3 Å². The standard InChI is InChI=1S/C15H22N7O2/c16-15(23-20-11-5-6-12-20)22(19-9-3-4-10-19)24-21-14-8-2-1-7-13(14)17-18-21/h1-2,7-8H,3-6,9-12,16H2/q+1. The maximum atomic E-state index is 6.19. The van der Waals surface area contributed by atoms with Crippen molar-refractivity contribution in [2.75, 3.05) is 26.2 Å². The van der Waals surface area contributed by atoms with Crippen molar-refractivity contribution < 1.29 is 9.46 Å². The lowest BCUT2D eigenvalue weighted by atomic mass is 10.3. The Morgan fingerprint density at radius 2 is 1.79 bits per heavy atom. The first-order valence-corrected chi connectivity index (χ1v) is 8.40. The molecule has 0 unspecified atom stereocenters. The van der Waals surface area contributed by atoms with E-state index in [2.05, 4.69) is 10.3 Å². The molecule has 0 saturated carbocycles. The normalized spacial score (nSPS) is 19.3. The SMILES string of the molecule is NC(=[O+]N1CCCC1)N(On1nnc2ccccc21)N1CCCC1. The van der Waals surface area contributed by atoms with Crippen LogP contribution in [0.3, 0.4) is 0 Å². The van der Waals surface area contributed by atoms with Gasteiger partial charge in [0.15, 0.2) is 0 Å². The van der Waals surface area contributed by atoms with Gasteiger partial charge in [0, 0.05) is 18.3 Å². The molecule has 0 radical (unpaired) electrons. The van der Waals surface area contributed by atoms with Crippen LogP contribution in [0.2, 0.25) is 0 Å². The highest BCUT2D eigenvalue weighted by Gasteiger charge is 2.34. The first-order valence-electron chi connectivity index (χ1n) is 8.40. The second-order valence-corrected chi connectivity index (χ2v) is 6.03. The van der Waals surface area contributed by atoms with Crippen molar-refractivity contribution in [3.8, 4) is 0 Å². The molecule has 2 aromatic rings. The molecule has 9 heteroatoms. The number of primary amides is 1. The van der Waals surface area contributed by atoms with Gasteiger partial charge in [-0.25, -0.2) is 4.94 Å². The van der Waals surface area contributed by atoms with Gasteiger partial charge in [-0.2, -0.15) is 5.01 Å². The first kappa shape index (κ1) is 15.0. The number of urea groups is 1. The maximum Gasteiger partial charge on any atom is 0.597 e. The van der Waals surface area contributed by atoms with Crippen molar-refractivity contribution in [3.63, 3.8) is 0 Å². The minimum Gasteiger partial charge on any atom is -0.295 e. The zero-order valence-corrected chi connectivity index (χ0v) is 13.5. The summed E-state index contributed by atoms with van der Waals surface area (Å²) in [4.78, 5) is 7.28. The van der Waals surface area contributed by atoms with E-state index in [4.69, 9.17) is 15.2 Å². The fourth-order valence-corrected chi connectivity index (χ4v) is 3.04. The van der Waals surface area contributed by atoms with Crippen molar-refractivity contribution >= 4 is 17.1 Å². The number of rotatable bonds is 4. The van der Waals surface area contributed by atoms with Crippen molar-refractivity contribution in [3.05, 3.63) is 24.3 Å². The first-order chi connectivity index (χ1) is 11.8. The Morgan fingerprint density at radius 1 is 1.08 bits per heavy atom. The van der Waals surface area contributed by atoms with E-state index in [-0.39, 0.29) is 6.03 Å². The number of amides is 2. The fraction of sp³-hybridized carbons (Fsp3) is 0.533. The van der Waals surface area contributed by atoms with Gasteiger partial charge in [-0.3, -0.25) is 5.73 Å². The summed E-state index contributed by atoms with van der Waals surface area (Å²) in [6.07, 6.45) is 4.42. The second kappa shape index (κ2) is 6.52. The predicted octanol–water partition coefficient (Wildman–Crippen LogP) is 0.713. The molecule has 0 atom stereocenters. The molecule has 0 bridgehead atoms. The number of carbonyl (C=O) groups excluding carboxylic acids is 1. The molecule has 2 amide bonds. The second-order valence-electron chi connectivity index (χ2n) is 6.03. The number of aromatic nitrogens is 3. The largest absolute Gasteiger partial charge is 0.597 e. The summed E-state index contributed by atoms with van der Waals surface area (Å²) in [5.41, 5.74) is 7.72. The minimum atomic E-state index is 0.193. The van der Waals surface area contributed by atoms with Gasteiger partial charge in [0.05, 0.1) is 0 Å². The quantitative estimate of drug-likeness (QED) is 0.658. The number of fused-ring (bicyclic) bond motifs is 1. The third-order valence-corrected chi connectivity index (χ3v) is 4.29. The Kier molecular flexibility index (Phi) is 4.08. The molecule has 0 aliphatic carbocycles. The highest BCUT2D eigenvalue weighted by Crippen LogP contribution is 2.15. The molecule has 128 valence electrons. The van der Waals surface area contributed by atoms with Crippen molar-refractivity contribution in [1.82, 2.24) is 30.4 Å². The van der Waals surface area contributed by atoms with Crippen LogP contribution >= 0.6 is 0 Å². The van der Waals surface area contributed by atoms with Crippen LogP contribution in [-0.2, 0) is 0 Å². The average molecular weight is 332 g/mol. The zero-order chi connectivity index (χ0) is 16.4. The molecule has 24 heavy (non-hydrogen) atoms. The van der Waals surface area contributed by atoms with Crippen molar-refractivity contribution in [2.24, 2.45) is 5.73 Å². The Labute approximate surface area is 139 Å². The molecular formula is C15H22N7O2+. The number of benzene rings is 1. The number of para-hydroxylation sites is 1. The monoisotopic (exact) mass is 332 g/mol. The molecule has 1 aromatic carbocycles. The van der Waals surface area contributed by atoms with Gasteiger partial charge in [-0.15, -0.1) is 5.10 Å². The molecule has 9 nitrogen and oxygen atoms in total. The summed E-state index contributed by atoms with van der Waals surface area (Å²) in [5, 5.41) is 13.5.